The van der Waals surface area contributed by atoms with Crippen LogP contribution in [0.2, 0.25) is 0 Å². The van der Waals surface area contributed by atoms with E-state index in [2.05, 4.69) is 22.9 Å². The first-order valence-electron chi connectivity index (χ1n) is 6.27. The maximum atomic E-state index is 12.2. The summed E-state index contributed by atoms with van der Waals surface area (Å²) in [7, 11) is 0. The van der Waals surface area contributed by atoms with Gasteiger partial charge < -0.3 is 0 Å². The van der Waals surface area contributed by atoms with Gasteiger partial charge in [-0.1, -0.05) is 55.0 Å². The molecule has 0 aliphatic heterocycles. The Balaban J connectivity index is 3.44. The van der Waals surface area contributed by atoms with Gasteiger partial charge in [0.15, 0.2) is 0 Å². The van der Waals surface area contributed by atoms with Crippen molar-refractivity contribution >= 4 is 15.9 Å². The van der Waals surface area contributed by atoms with Gasteiger partial charge >= 0.3 is 0 Å². The maximum absolute atomic E-state index is 12.2. The van der Waals surface area contributed by atoms with Gasteiger partial charge in [0.1, 0.15) is 0 Å². The summed E-state index contributed by atoms with van der Waals surface area (Å²) in [5.41, 5.74) is 0. The van der Waals surface area contributed by atoms with Gasteiger partial charge in [0, 0.05) is 11.9 Å². The van der Waals surface area contributed by atoms with Gasteiger partial charge in [-0.05, 0) is 13.0 Å². The second-order valence-electron chi connectivity index (χ2n) is 4.15. The Labute approximate surface area is 107 Å². The molecule has 0 aromatic carbocycles. The highest BCUT2D eigenvalue weighted by Crippen LogP contribution is 2.07. The fourth-order valence-electron chi connectivity index (χ4n) is 1.72. The first kappa shape index (κ1) is 16.3. The van der Waals surface area contributed by atoms with Crippen molar-refractivity contribution in [3.05, 3.63) is 0 Å². The molecule has 0 aromatic heterocycles. The summed E-state index contributed by atoms with van der Waals surface area (Å²) in [6.07, 6.45) is 5.07. The molecular formula is C12H24BrF2N. The van der Waals surface area contributed by atoms with Crippen molar-refractivity contribution < 1.29 is 8.78 Å². The van der Waals surface area contributed by atoms with Crippen molar-refractivity contribution in [2.75, 3.05) is 25.0 Å². The molecule has 0 saturated carbocycles. The van der Waals surface area contributed by atoms with Crippen LogP contribution in [0, 0.1) is 0 Å². The zero-order chi connectivity index (χ0) is 12.2. The number of halogens is 3. The third kappa shape index (κ3) is 10.8. The first-order valence-corrected chi connectivity index (χ1v) is 7.39. The van der Waals surface area contributed by atoms with Crippen LogP contribution in [0.4, 0.5) is 8.78 Å². The molecule has 0 atom stereocenters. The summed E-state index contributed by atoms with van der Waals surface area (Å²) in [5, 5.41) is 0.773. The number of hydrogen-bond acceptors (Lipinski definition) is 1. The van der Waals surface area contributed by atoms with E-state index in [9.17, 15) is 8.78 Å². The molecule has 0 heterocycles. The van der Waals surface area contributed by atoms with Gasteiger partial charge in [0.2, 0.25) is 0 Å². The van der Waals surface area contributed by atoms with Crippen molar-refractivity contribution in [3.8, 4) is 0 Å². The molecule has 0 radical (unpaired) electrons. The summed E-state index contributed by atoms with van der Waals surface area (Å²) in [4.78, 5) is 1.85. The minimum absolute atomic E-state index is 0.0828. The zero-order valence-electron chi connectivity index (χ0n) is 10.2. The van der Waals surface area contributed by atoms with E-state index in [1.807, 2.05) is 4.90 Å². The monoisotopic (exact) mass is 299 g/mol. The predicted molar refractivity (Wildman–Crippen MR) is 69.6 cm³/mol. The Morgan fingerprint density at radius 3 is 2.19 bits per heavy atom. The lowest BCUT2D eigenvalue weighted by atomic mass is 10.1. The number of unbranched alkanes of at least 4 members (excludes halogenated alkanes) is 5. The highest BCUT2D eigenvalue weighted by molar-refractivity contribution is 9.09. The molecule has 0 unspecified atom stereocenters. The second kappa shape index (κ2) is 11.8. The van der Waals surface area contributed by atoms with Crippen LogP contribution in [-0.4, -0.2) is 36.3 Å². The molecule has 0 fully saturated rings. The van der Waals surface area contributed by atoms with Crippen molar-refractivity contribution in [3.63, 3.8) is 0 Å². The average Bonchev–Trinajstić information content (AvgIpc) is 2.22. The van der Waals surface area contributed by atoms with Crippen LogP contribution >= 0.6 is 15.9 Å². The Kier molecular flexibility index (Phi) is 12.0. The van der Waals surface area contributed by atoms with Crippen molar-refractivity contribution in [1.29, 1.82) is 0 Å². The van der Waals surface area contributed by atoms with Crippen molar-refractivity contribution in [2.45, 2.75) is 51.9 Å². The van der Waals surface area contributed by atoms with Crippen LogP contribution in [0.1, 0.15) is 45.4 Å². The molecule has 0 aliphatic rings. The molecule has 98 valence electrons. The topological polar surface area (TPSA) is 3.24 Å². The molecule has 4 heteroatoms. The number of nitrogens with zero attached hydrogens (tertiary/aromatic N) is 1. The van der Waals surface area contributed by atoms with E-state index in [4.69, 9.17) is 0 Å². The SMILES string of the molecule is CCCCCCCCN(CCBr)CC(F)F. The molecule has 1 nitrogen and oxygen atoms in total. The molecule has 0 saturated heterocycles. The fourth-order valence-corrected chi connectivity index (χ4v) is 2.23. The van der Waals surface area contributed by atoms with E-state index in [0.29, 0.717) is 0 Å². The lowest BCUT2D eigenvalue weighted by Crippen LogP contribution is -2.31. The Morgan fingerprint density at radius 1 is 1.00 bits per heavy atom. The van der Waals surface area contributed by atoms with Crippen LogP contribution in [-0.2, 0) is 0 Å². The predicted octanol–water partition coefficient (Wildman–Crippen LogP) is 4.31. The van der Waals surface area contributed by atoms with E-state index in [0.717, 1.165) is 24.8 Å². The zero-order valence-corrected chi connectivity index (χ0v) is 11.8. The Hall–Kier alpha value is 0.300. The lowest BCUT2D eigenvalue weighted by Gasteiger charge is -2.20. The molecule has 16 heavy (non-hydrogen) atoms. The van der Waals surface area contributed by atoms with E-state index in [1.165, 1.54) is 32.1 Å². The highest BCUT2D eigenvalue weighted by Gasteiger charge is 2.10. The van der Waals surface area contributed by atoms with E-state index in [1.54, 1.807) is 0 Å². The number of rotatable bonds is 11. The van der Waals surface area contributed by atoms with E-state index >= 15 is 0 Å². The van der Waals surface area contributed by atoms with Gasteiger partial charge in [-0.3, -0.25) is 4.90 Å². The lowest BCUT2D eigenvalue weighted by molar-refractivity contribution is 0.0905. The highest BCUT2D eigenvalue weighted by atomic mass is 79.9. The Bertz CT molecular complexity index is 145. The van der Waals surface area contributed by atoms with Gasteiger partial charge in [-0.2, -0.15) is 0 Å². The molecule has 0 spiro atoms. The number of alkyl halides is 3. The number of hydrogen-bond donors (Lipinski definition) is 0. The van der Waals surface area contributed by atoms with Crippen molar-refractivity contribution in [1.82, 2.24) is 4.90 Å². The quantitative estimate of drug-likeness (QED) is 0.406. The fraction of sp³-hybridized carbons (Fsp3) is 1.00. The minimum Gasteiger partial charge on any atom is -0.297 e. The molecular weight excluding hydrogens is 276 g/mol. The van der Waals surface area contributed by atoms with Crippen LogP contribution in [0.25, 0.3) is 0 Å². The second-order valence-corrected chi connectivity index (χ2v) is 4.94. The third-order valence-electron chi connectivity index (χ3n) is 2.62. The molecule has 0 aromatic rings. The third-order valence-corrected chi connectivity index (χ3v) is 2.98. The van der Waals surface area contributed by atoms with E-state index < -0.39 is 6.43 Å². The average molecular weight is 300 g/mol. The van der Waals surface area contributed by atoms with E-state index in [-0.39, 0.29) is 6.54 Å². The molecule has 0 N–H and O–H groups in total. The van der Waals surface area contributed by atoms with Gasteiger partial charge in [0.25, 0.3) is 6.43 Å². The van der Waals surface area contributed by atoms with Crippen LogP contribution in [0.15, 0.2) is 0 Å². The minimum atomic E-state index is -2.21. The summed E-state index contributed by atoms with van der Waals surface area (Å²) < 4.78 is 24.5. The summed E-state index contributed by atoms with van der Waals surface area (Å²) in [6, 6.07) is 0. The smallest absolute Gasteiger partial charge is 0.251 e. The molecule has 0 aliphatic carbocycles. The van der Waals surface area contributed by atoms with Crippen LogP contribution in [0.5, 0.6) is 0 Å². The molecule has 0 rings (SSSR count). The normalized spacial score (nSPS) is 11.6. The maximum Gasteiger partial charge on any atom is 0.251 e. The van der Waals surface area contributed by atoms with Crippen LogP contribution in [0.3, 0.4) is 0 Å². The molecule has 0 bridgehead atoms. The standard InChI is InChI=1S/C12H24BrF2N/c1-2-3-4-5-6-7-9-16(10-8-13)11-12(14)15/h12H,2-11H2,1H3. The Morgan fingerprint density at radius 2 is 1.62 bits per heavy atom. The summed E-state index contributed by atoms with van der Waals surface area (Å²) in [5.74, 6) is 0. The van der Waals surface area contributed by atoms with Crippen LogP contribution < -0.4 is 0 Å². The molecule has 0 amide bonds. The van der Waals surface area contributed by atoms with Crippen molar-refractivity contribution in [2.24, 2.45) is 0 Å². The van der Waals surface area contributed by atoms with Gasteiger partial charge in [0.05, 0.1) is 6.54 Å². The van der Waals surface area contributed by atoms with Gasteiger partial charge in [-0.15, -0.1) is 0 Å². The van der Waals surface area contributed by atoms with Gasteiger partial charge in [-0.25, -0.2) is 8.78 Å². The largest absolute Gasteiger partial charge is 0.297 e. The first-order chi connectivity index (χ1) is 7.70. The summed E-state index contributed by atoms with van der Waals surface area (Å²) >= 11 is 3.30. The summed E-state index contributed by atoms with van der Waals surface area (Å²) in [6.45, 7) is 3.64.